The second kappa shape index (κ2) is 7.90. The SMILES string of the molecule is CC(C)c1ccc(C(=O)N2CCN(S(=O)(=O)c3ccc4c(c3)C(=O)NC4=O)CC2)cc1. The molecular weight excluding hydrogens is 418 g/mol. The van der Waals surface area contributed by atoms with E-state index < -0.39 is 21.8 Å². The molecule has 162 valence electrons. The summed E-state index contributed by atoms with van der Waals surface area (Å²) >= 11 is 0. The highest BCUT2D eigenvalue weighted by Gasteiger charge is 2.33. The van der Waals surface area contributed by atoms with Crippen molar-refractivity contribution in [2.24, 2.45) is 0 Å². The molecule has 0 aliphatic carbocycles. The van der Waals surface area contributed by atoms with E-state index in [1.54, 1.807) is 17.0 Å². The Hall–Kier alpha value is -3.04. The normalized spacial score (nSPS) is 17.1. The number of hydrogen-bond donors (Lipinski definition) is 1. The first-order valence-electron chi connectivity index (χ1n) is 10.1. The van der Waals surface area contributed by atoms with Crippen molar-refractivity contribution >= 4 is 27.7 Å². The van der Waals surface area contributed by atoms with Crippen molar-refractivity contribution < 1.29 is 22.8 Å². The molecule has 0 aromatic heterocycles. The van der Waals surface area contributed by atoms with Crippen LogP contribution in [0.2, 0.25) is 0 Å². The van der Waals surface area contributed by atoms with Gasteiger partial charge in [-0.15, -0.1) is 0 Å². The fourth-order valence-electron chi connectivity index (χ4n) is 3.78. The van der Waals surface area contributed by atoms with Crippen LogP contribution in [0.1, 0.15) is 56.4 Å². The zero-order valence-electron chi connectivity index (χ0n) is 17.3. The summed E-state index contributed by atoms with van der Waals surface area (Å²) in [6.07, 6.45) is 0. The minimum atomic E-state index is -3.85. The second-order valence-corrected chi connectivity index (χ2v) is 9.90. The fraction of sp³-hybridized carbons (Fsp3) is 0.318. The summed E-state index contributed by atoms with van der Waals surface area (Å²) in [5, 5.41) is 2.15. The van der Waals surface area contributed by atoms with Crippen LogP contribution in [0.15, 0.2) is 47.4 Å². The molecule has 0 spiro atoms. The van der Waals surface area contributed by atoms with Gasteiger partial charge in [-0.25, -0.2) is 8.42 Å². The first-order valence-corrected chi connectivity index (χ1v) is 11.5. The molecule has 2 heterocycles. The molecule has 0 bridgehead atoms. The van der Waals surface area contributed by atoms with Crippen LogP contribution in [0.25, 0.3) is 0 Å². The van der Waals surface area contributed by atoms with E-state index in [1.165, 1.54) is 22.5 Å². The van der Waals surface area contributed by atoms with Crippen molar-refractivity contribution in [1.29, 1.82) is 0 Å². The lowest BCUT2D eigenvalue weighted by Crippen LogP contribution is -2.50. The monoisotopic (exact) mass is 441 g/mol. The van der Waals surface area contributed by atoms with Crippen LogP contribution >= 0.6 is 0 Å². The van der Waals surface area contributed by atoms with Gasteiger partial charge in [-0.1, -0.05) is 26.0 Å². The van der Waals surface area contributed by atoms with Gasteiger partial charge in [0.25, 0.3) is 17.7 Å². The summed E-state index contributed by atoms with van der Waals surface area (Å²) in [5.41, 5.74) is 1.96. The van der Waals surface area contributed by atoms with E-state index in [0.717, 1.165) is 5.56 Å². The van der Waals surface area contributed by atoms with Gasteiger partial charge in [0.2, 0.25) is 10.0 Å². The van der Waals surface area contributed by atoms with E-state index in [1.807, 2.05) is 12.1 Å². The predicted molar refractivity (Wildman–Crippen MR) is 113 cm³/mol. The standard InChI is InChI=1S/C22H23N3O5S/c1-14(2)15-3-5-16(6-4-15)22(28)24-9-11-25(12-10-24)31(29,30)17-7-8-18-19(13-17)21(27)23-20(18)26/h3-8,13-14H,9-12H2,1-2H3,(H,23,26,27). The predicted octanol–water partition coefficient (Wildman–Crippen LogP) is 1.84. The lowest BCUT2D eigenvalue weighted by Gasteiger charge is -2.34. The largest absolute Gasteiger partial charge is 0.336 e. The van der Waals surface area contributed by atoms with Gasteiger partial charge in [-0.05, 0) is 41.8 Å². The van der Waals surface area contributed by atoms with Crippen LogP contribution in [0, 0.1) is 0 Å². The maximum absolute atomic E-state index is 13.0. The molecule has 4 rings (SSSR count). The smallest absolute Gasteiger partial charge is 0.258 e. The number of fused-ring (bicyclic) bond motifs is 1. The summed E-state index contributed by atoms with van der Waals surface area (Å²) in [5.74, 6) is -0.880. The lowest BCUT2D eigenvalue weighted by atomic mass is 10.0. The molecule has 1 fully saturated rings. The third-order valence-corrected chi connectivity index (χ3v) is 7.59. The van der Waals surface area contributed by atoms with Gasteiger partial charge in [-0.3, -0.25) is 19.7 Å². The molecule has 1 saturated heterocycles. The average Bonchev–Trinajstić information content (AvgIpc) is 3.06. The van der Waals surface area contributed by atoms with Gasteiger partial charge < -0.3 is 4.90 Å². The average molecular weight is 442 g/mol. The summed E-state index contributed by atoms with van der Waals surface area (Å²) in [4.78, 5) is 37.9. The Morgan fingerprint density at radius 1 is 0.903 bits per heavy atom. The first-order chi connectivity index (χ1) is 14.7. The number of rotatable bonds is 4. The van der Waals surface area contributed by atoms with Crippen LogP contribution in [-0.2, 0) is 10.0 Å². The molecule has 2 aromatic rings. The van der Waals surface area contributed by atoms with Crippen molar-refractivity contribution in [2.75, 3.05) is 26.2 Å². The van der Waals surface area contributed by atoms with Crippen LogP contribution in [0.5, 0.6) is 0 Å². The lowest BCUT2D eigenvalue weighted by molar-refractivity contribution is 0.0697. The van der Waals surface area contributed by atoms with Crippen LogP contribution in [0.4, 0.5) is 0 Å². The van der Waals surface area contributed by atoms with Crippen LogP contribution in [0.3, 0.4) is 0 Å². The van der Waals surface area contributed by atoms with Crippen LogP contribution < -0.4 is 5.32 Å². The van der Waals surface area contributed by atoms with Crippen molar-refractivity contribution in [2.45, 2.75) is 24.7 Å². The van der Waals surface area contributed by atoms with E-state index in [4.69, 9.17) is 0 Å². The van der Waals surface area contributed by atoms with E-state index >= 15 is 0 Å². The zero-order chi connectivity index (χ0) is 22.3. The number of benzene rings is 2. The molecule has 9 heteroatoms. The molecule has 2 aliphatic rings. The third-order valence-electron chi connectivity index (χ3n) is 5.70. The topological polar surface area (TPSA) is 104 Å². The summed E-state index contributed by atoms with van der Waals surface area (Å²) < 4.78 is 27.4. The van der Waals surface area contributed by atoms with E-state index in [0.29, 0.717) is 11.5 Å². The summed E-state index contributed by atoms with van der Waals surface area (Å²) in [6, 6.07) is 11.4. The maximum atomic E-state index is 13.0. The molecule has 31 heavy (non-hydrogen) atoms. The van der Waals surface area contributed by atoms with Crippen LogP contribution in [-0.4, -0.2) is 61.5 Å². The molecule has 3 amide bonds. The van der Waals surface area contributed by atoms with E-state index in [2.05, 4.69) is 19.2 Å². The molecule has 2 aliphatic heterocycles. The van der Waals surface area contributed by atoms with Gasteiger partial charge in [0.15, 0.2) is 0 Å². The highest BCUT2D eigenvalue weighted by atomic mass is 32.2. The number of amides is 3. The molecule has 0 unspecified atom stereocenters. The van der Waals surface area contributed by atoms with Gasteiger partial charge >= 0.3 is 0 Å². The van der Waals surface area contributed by atoms with Crippen molar-refractivity contribution in [3.05, 3.63) is 64.7 Å². The molecule has 0 radical (unpaired) electrons. The van der Waals surface area contributed by atoms with Gasteiger partial charge in [0.05, 0.1) is 16.0 Å². The Labute approximate surface area is 180 Å². The number of imide groups is 1. The minimum absolute atomic E-state index is 0.0415. The number of carbonyl (C=O) groups excluding carboxylic acids is 3. The van der Waals surface area contributed by atoms with Gasteiger partial charge in [0, 0.05) is 31.7 Å². The number of hydrogen-bond acceptors (Lipinski definition) is 5. The van der Waals surface area contributed by atoms with E-state index in [-0.39, 0.29) is 48.1 Å². The summed E-state index contributed by atoms with van der Waals surface area (Å²) in [7, 11) is -3.85. The zero-order valence-corrected chi connectivity index (χ0v) is 18.1. The number of nitrogens with zero attached hydrogens (tertiary/aromatic N) is 2. The number of nitrogens with one attached hydrogen (secondary N) is 1. The maximum Gasteiger partial charge on any atom is 0.258 e. The number of piperazine rings is 1. The molecule has 0 atom stereocenters. The Bertz CT molecular complexity index is 1160. The molecular formula is C22H23N3O5S. The number of carbonyl (C=O) groups is 3. The number of sulfonamides is 1. The van der Waals surface area contributed by atoms with Crippen molar-refractivity contribution in [1.82, 2.24) is 14.5 Å². The fourth-order valence-corrected chi connectivity index (χ4v) is 5.23. The van der Waals surface area contributed by atoms with Crippen molar-refractivity contribution in [3.8, 4) is 0 Å². The van der Waals surface area contributed by atoms with E-state index in [9.17, 15) is 22.8 Å². The molecule has 1 N–H and O–H groups in total. The highest BCUT2D eigenvalue weighted by molar-refractivity contribution is 7.89. The molecule has 2 aromatic carbocycles. The molecule has 0 saturated carbocycles. The highest BCUT2D eigenvalue weighted by Crippen LogP contribution is 2.24. The van der Waals surface area contributed by atoms with Crippen molar-refractivity contribution in [3.63, 3.8) is 0 Å². The second-order valence-electron chi connectivity index (χ2n) is 7.96. The Morgan fingerprint density at radius 3 is 2.13 bits per heavy atom. The Morgan fingerprint density at radius 2 is 1.52 bits per heavy atom. The Balaban J connectivity index is 1.46. The minimum Gasteiger partial charge on any atom is -0.336 e. The Kier molecular flexibility index (Phi) is 5.40. The third kappa shape index (κ3) is 3.86. The first kappa shape index (κ1) is 21.2. The molecule has 8 nitrogen and oxygen atoms in total. The van der Waals surface area contributed by atoms with Gasteiger partial charge in [-0.2, -0.15) is 4.31 Å². The summed E-state index contributed by atoms with van der Waals surface area (Å²) in [6.45, 7) is 5.02. The van der Waals surface area contributed by atoms with Gasteiger partial charge in [0.1, 0.15) is 0 Å². The quantitative estimate of drug-likeness (QED) is 0.729.